The first kappa shape index (κ1) is 19.1. The fourth-order valence-corrected chi connectivity index (χ4v) is 2.74. The van der Waals surface area contributed by atoms with Crippen LogP contribution in [0, 0.1) is 0 Å². The fraction of sp³-hybridized carbons (Fsp3) is 0.0833. The van der Waals surface area contributed by atoms with Crippen molar-refractivity contribution in [3.63, 3.8) is 0 Å². The number of aliphatic hydroxyl groups is 1. The maximum atomic E-state index is 12.9. The van der Waals surface area contributed by atoms with Crippen LogP contribution in [0.3, 0.4) is 0 Å². The van der Waals surface area contributed by atoms with Crippen molar-refractivity contribution in [1.82, 2.24) is 0 Å². The number of hydrogen-bond acceptors (Lipinski definition) is 4. The molecule has 0 aliphatic heterocycles. The summed E-state index contributed by atoms with van der Waals surface area (Å²) in [6.07, 6.45) is 2.10. The van der Waals surface area contributed by atoms with Crippen LogP contribution < -0.4 is 0 Å². The van der Waals surface area contributed by atoms with Gasteiger partial charge in [-0.05, 0) is 24.1 Å². The zero-order valence-corrected chi connectivity index (χ0v) is 15.3. The van der Waals surface area contributed by atoms with E-state index in [1.165, 1.54) is 6.21 Å². The summed E-state index contributed by atoms with van der Waals surface area (Å²) < 4.78 is 0. The zero-order valence-electron chi connectivity index (χ0n) is 15.3. The van der Waals surface area contributed by atoms with E-state index in [0.29, 0.717) is 24.1 Å². The molecule has 4 heteroatoms. The standard InChI is InChI=1S/C24H21NO3/c26-21-13-11-18(12-14-21)15-16-25-17-22(23(27)19-7-3-1-4-8-19)24(28)20-9-5-2-6-10-20/h1-14,17,26-27H,15-16H2/b23-22+,25-17?. The van der Waals surface area contributed by atoms with Crippen LogP contribution in [0.25, 0.3) is 5.76 Å². The molecule has 0 spiro atoms. The molecule has 3 rings (SSSR count). The Bertz CT molecular complexity index is 975. The lowest BCUT2D eigenvalue weighted by Crippen LogP contribution is -2.08. The first-order chi connectivity index (χ1) is 13.6. The minimum Gasteiger partial charge on any atom is -0.508 e. The number of aliphatic imine (C=N–C) groups is 1. The van der Waals surface area contributed by atoms with Crippen LogP contribution in [0.2, 0.25) is 0 Å². The molecule has 0 bridgehead atoms. The first-order valence-electron chi connectivity index (χ1n) is 9.01. The maximum Gasteiger partial charge on any atom is 0.198 e. The molecule has 3 aromatic carbocycles. The van der Waals surface area contributed by atoms with Gasteiger partial charge in [0, 0.05) is 23.9 Å². The van der Waals surface area contributed by atoms with Gasteiger partial charge in [-0.2, -0.15) is 0 Å². The fourth-order valence-electron chi connectivity index (χ4n) is 2.74. The molecule has 4 nitrogen and oxygen atoms in total. The molecule has 2 N–H and O–H groups in total. The molecule has 140 valence electrons. The second-order valence-corrected chi connectivity index (χ2v) is 6.28. The molecule has 0 atom stereocenters. The molecule has 3 aromatic rings. The third kappa shape index (κ3) is 4.95. The lowest BCUT2D eigenvalue weighted by molar-refractivity contribution is 0.104. The third-order valence-electron chi connectivity index (χ3n) is 4.27. The first-order valence-corrected chi connectivity index (χ1v) is 9.01. The Balaban J connectivity index is 1.84. The van der Waals surface area contributed by atoms with Gasteiger partial charge in [-0.25, -0.2) is 0 Å². The van der Waals surface area contributed by atoms with E-state index in [4.69, 9.17) is 0 Å². The van der Waals surface area contributed by atoms with Crippen molar-refractivity contribution in [2.24, 2.45) is 4.99 Å². The highest BCUT2D eigenvalue weighted by Gasteiger charge is 2.16. The number of carbonyl (C=O) groups excluding carboxylic acids is 1. The summed E-state index contributed by atoms with van der Waals surface area (Å²) in [6.45, 7) is 0.457. The number of Topliss-reactive ketones (excluding diaryl/α,β-unsaturated/α-hetero) is 1. The van der Waals surface area contributed by atoms with Gasteiger partial charge in [0.15, 0.2) is 5.78 Å². The molecule has 0 unspecified atom stereocenters. The van der Waals surface area contributed by atoms with Gasteiger partial charge in [-0.3, -0.25) is 9.79 Å². The number of phenolic OH excluding ortho intramolecular Hbond substituents is 1. The molecular weight excluding hydrogens is 350 g/mol. The van der Waals surface area contributed by atoms with E-state index in [1.54, 1.807) is 60.7 Å². The van der Waals surface area contributed by atoms with Crippen molar-refractivity contribution in [1.29, 1.82) is 0 Å². The summed E-state index contributed by atoms with van der Waals surface area (Å²) in [6, 6.07) is 24.7. The van der Waals surface area contributed by atoms with Gasteiger partial charge in [0.25, 0.3) is 0 Å². The number of rotatable bonds is 7. The number of allylic oxidation sites excluding steroid dienone is 1. The summed E-state index contributed by atoms with van der Waals surface area (Å²) in [5.41, 5.74) is 2.24. The van der Waals surface area contributed by atoms with E-state index in [-0.39, 0.29) is 22.9 Å². The highest BCUT2D eigenvalue weighted by molar-refractivity contribution is 6.25. The lowest BCUT2D eigenvalue weighted by Gasteiger charge is -2.07. The van der Waals surface area contributed by atoms with Crippen molar-refractivity contribution in [2.45, 2.75) is 6.42 Å². The third-order valence-corrected chi connectivity index (χ3v) is 4.27. The Morgan fingerprint density at radius 2 is 1.39 bits per heavy atom. The van der Waals surface area contributed by atoms with Crippen LogP contribution in [0.5, 0.6) is 5.75 Å². The number of phenols is 1. The molecule has 0 heterocycles. The quantitative estimate of drug-likeness (QED) is 0.270. The summed E-state index contributed by atoms with van der Waals surface area (Å²) in [7, 11) is 0. The smallest absolute Gasteiger partial charge is 0.198 e. The van der Waals surface area contributed by atoms with Gasteiger partial charge < -0.3 is 10.2 Å². The Morgan fingerprint density at radius 1 is 0.821 bits per heavy atom. The number of ketones is 1. The Labute approximate surface area is 164 Å². The average molecular weight is 371 g/mol. The highest BCUT2D eigenvalue weighted by Crippen LogP contribution is 2.18. The molecule has 0 radical (unpaired) electrons. The van der Waals surface area contributed by atoms with Gasteiger partial charge in [0.2, 0.25) is 0 Å². The summed E-state index contributed by atoms with van der Waals surface area (Å²) >= 11 is 0. The Morgan fingerprint density at radius 3 is 2.00 bits per heavy atom. The van der Waals surface area contributed by atoms with Crippen molar-refractivity contribution in [2.75, 3.05) is 6.54 Å². The van der Waals surface area contributed by atoms with Crippen molar-refractivity contribution in [3.8, 4) is 5.75 Å². The molecule has 0 fully saturated rings. The van der Waals surface area contributed by atoms with Crippen molar-refractivity contribution in [3.05, 3.63) is 107 Å². The van der Waals surface area contributed by atoms with E-state index >= 15 is 0 Å². The van der Waals surface area contributed by atoms with Crippen LogP contribution >= 0.6 is 0 Å². The SMILES string of the molecule is O=C(/C(C=NCCc1ccc(O)cc1)=C(/O)c1ccccc1)c1ccccc1. The lowest BCUT2D eigenvalue weighted by atomic mass is 10.00. The van der Waals surface area contributed by atoms with E-state index in [1.807, 2.05) is 24.3 Å². The molecule has 0 saturated heterocycles. The molecule has 0 aromatic heterocycles. The van der Waals surface area contributed by atoms with Crippen LogP contribution in [0.15, 0.2) is 95.5 Å². The van der Waals surface area contributed by atoms with Gasteiger partial charge in [-0.15, -0.1) is 0 Å². The van der Waals surface area contributed by atoms with Crippen molar-refractivity contribution >= 4 is 17.8 Å². The zero-order chi connectivity index (χ0) is 19.8. The summed E-state index contributed by atoms with van der Waals surface area (Å²) in [5.74, 6) is -0.156. The molecular formula is C24H21NO3. The van der Waals surface area contributed by atoms with Gasteiger partial charge in [-0.1, -0.05) is 72.8 Å². The van der Waals surface area contributed by atoms with Crippen LogP contribution in [-0.2, 0) is 6.42 Å². The molecule has 0 aliphatic carbocycles. The normalized spacial score (nSPS) is 12.0. The average Bonchev–Trinajstić information content (AvgIpc) is 2.75. The predicted octanol–water partition coefficient (Wildman–Crippen LogP) is 4.86. The van der Waals surface area contributed by atoms with Crippen LogP contribution in [-0.4, -0.2) is 28.8 Å². The minimum absolute atomic E-state index is 0.0946. The molecule has 28 heavy (non-hydrogen) atoms. The highest BCUT2D eigenvalue weighted by atomic mass is 16.3. The van der Waals surface area contributed by atoms with Gasteiger partial charge >= 0.3 is 0 Å². The number of carbonyl (C=O) groups is 1. The number of hydrogen-bond donors (Lipinski definition) is 2. The molecule has 0 aliphatic rings. The van der Waals surface area contributed by atoms with Gasteiger partial charge in [0.05, 0.1) is 5.57 Å². The monoisotopic (exact) mass is 371 g/mol. The van der Waals surface area contributed by atoms with E-state index in [0.717, 1.165) is 5.56 Å². The second kappa shape index (κ2) is 9.33. The Hall–Kier alpha value is -3.66. The number of aromatic hydroxyl groups is 1. The topological polar surface area (TPSA) is 69.9 Å². The van der Waals surface area contributed by atoms with E-state index in [9.17, 15) is 15.0 Å². The molecule has 0 amide bonds. The number of aliphatic hydroxyl groups excluding tert-OH is 1. The van der Waals surface area contributed by atoms with Crippen LogP contribution in [0.4, 0.5) is 0 Å². The van der Waals surface area contributed by atoms with E-state index in [2.05, 4.69) is 4.99 Å². The van der Waals surface area contributed by atoms with Gasteiger partial charge in [0.1, 0.15) is 11.5 Å². The van der Waals surface area contributed by atoms with E-state index < -0.39 is 0 Å². The molecule has 0 saturated carbocycles. The van der Waals surface area contributed by atoms with Crippen LogP contribution in [0.1, 0.15) is 21.5 Å². The summed E-state index contributed by atoms with van der Waals surface area (Å²) in [4.78, 5) is 17.3. The summed E-state index contributed by atoms with van der Waals surface area (Å²) in [5, 5.41) is 20.0. The number of benzene rings is 3. The predicted molar refractivity (Wildman–Crippen MR) is 112 cm³/mol. The number of nitrogens with zero attached hydrogens (tertiary/aromatic N) is 1. The Kier molecular flexibility index (Phi) is 6.37. The second-order valence-electron chi connectivity index (χ2n) is 6.28. The van der Waals surface area contributed by atoms with Crippen molar-refractivity contribution < 1.29 is 15.0 Å². The maximum absolute atomic E-state index is 12.9. The largest absolute Gasteiger partial charge is 0.508 e. The minimum atomic E-state index is -0.282.